The summed E-state index contributed by atoms with van der Waals surface area (Å²) < 4.78 is 52.2. The van der Waals surface area contributed by atoms with E-state index < -0.39 is 21.8 Å². The van der Waals surface area contributed by atoms with Crippen molar-refractivity contribution < 1.29 is 22.3 Å². The lowest BCUT2D eigenvalue weighted by molar-refractivity contribution is 0.276. The van der Waals surface area contributed by atoms with E-state index in [1.807, 2.05) is 4.72 Å². The summed E-state index contributed by atoms with van der Waals surface area (Å²) in [6, 6.07) is 2.40. The summed E-state index contributed by atoms with van der Waals surface area (Å²) in [5.74, 6) is -1.74. The Bertz CT molecular complexity index is 488. The van der Waals surface area contributed by atoms with Crippen LogP contribution < -0.4 is 4.72 Å². The molecule has 0 unspecified atom stereocenters. The molecule has 1 aromatic carbocycles. The van der Waals surface area contributed by atoms with Crippen LogP contribution in [-0.4, -0.2) is 38.0 Å². The average Bonchev–Trinajstić information content (AvgIpc) is 2.23. The molecule has 0 aliphatic heterocycles. The van der Waals surface area contributed by atoms with Crippen molar-refractivity contribution in [2.45, 2.75) is 6.42 Å². The zero-order chi connectivity index (χ0) is 13.8. The van der Waals surface area contributed by atoms with Crippen LogP contribution in [-0.2, 0) is 10.2 Å². The van der Waals surface area contributed by atoms with Gasteiger partial charge in [-0.25, -0.2) is 8.78 Å². The van der Waals surface area contributed by atoms with Crippen molar-refractivity contribution in [2.24, 2.45) is 0 Å². The predicted octanol–water partition coefficient (Wildman–Crippen LogP) is 0.936. The number of nitrogens with one attached hydrogen (secondary N) is 1. The number of rotatable bonds is 6. The third-order valence-corrected chi connectivity index (χ3v) is 3.65. The normalized spacial score (nSPS) is 11.8. The van der Waals surface area contributed by atoms with Crippen LogP contribution in [0.1, 0.15) is 6.42 Å². The van der Waals surface area contributed by atoms with Crippen LogP contribution in [0, 0.1) is 11.6 Å². The van der Waals surface area contributed by atoms with Gasteiger partial charge in [0.05, 0.1) is 5.69 Å². The van der Waals surface area contributed by atoms with E-state index in [1.54, 1.807) is 0 Å². The van der Waals surface area contributed by atoms with Crippen LogP contribution in [0.2, 0.25) is 0 Å². The molecule has 0 aliphatic carbocycles. The van der Waals surface area contributed by atoms with Crippen molar-refractivity contribution >= 4 is 15.9 Å². The molecule has 0 saturated heterocycles. The molecule has 0 saturated carbocycles. The zero-order valence-corrected chi connectivity index (χ0v) is 10.5. The highest BCUT2D eigenvalue weighted by Crippen LogP contribution is 2.15. The van der Waals surface area contributed by atoms with Gasteiger partial charge < -0.3 is 5.11 Å². The van der Waals surface area contributed by atoms with Crippen molar-refractivity contribution in [2.75, 3.05) is 24.9 Å². The first kappa shape index (κ1) is 14.8. The summed E-state index contributed by atoms with van der Waals surface area (Å²) in [6.45, 7) is -0.0436. The average molecular weight is 280 g/mol. The maximum Gasteiger partial charge on any atom is 0.301 e. The van der Waals surface area contributed by atoms with E-state index in [2.05, 4.69) is 0 Å². The van der Waals surface area contributed by atoms with E-state index in [1.165, 1.54) is 7.05 Å². The molecular formula is C10H14F2N2O3S. The number of hydrogen-bond donors (Lipinski definition) is 2. The molecule has 102 valence electrons. The van der Waals surface area contributed by atoms with E-state index in [9.17, 15) is 17.2 Å². The van der Waals surface area contributed by atoms with Crippen molar-refractivity contribution in [3.63, 3.8) is 0 Å². The maximum absolute atomic E-state index is 12.9. The van der Waals surface area contributed by atoms with Crippen LogP contribution in [0.5, 0.6) is 0 Å². The Morgan fingerprint density at radius 2 is 1.83 bits per heavy atom. The number of benzene rings is 1. The van der Waals surface area contributed by atoms with Crippen molar-refractivity contribution in [1.29, 1.82) is 0 Å². The Labute approximate surface area is 104 Å². The van der Waals surface area contributed by atoms with Gasteiger partial charge >= 0.3 is 10.2 Å². The second-order valence-corrected chi connectivity index (χ2v) is 5.44. The summed E-state index contributed by atoms with van der Waals surface area (Å²) in [5, 5.41) is 8.60. The highest BCUT2D eigenvalue weighted by Gasteiger charge is 2.17. The molecule has 0 fully saturated rings. The summed E-state index contributed by atoms with van der Waals surface area (Å²) in [4.78, 5) is 0. The third kappa shape index (κ3) is 4.21. The highest BCUT2D eigenvalue weighted by atomic mass is 32.2. The predicted molar refractivity (Wildman–Crippen MR) is 63.2 cm³/mol. The van der Waals surface area contributed by atoms with Crippen molar-refractivity contribution in [1.82, 2.24) is 4.31 Å². The maximum atomic E-state index is 12.9. The number of aliphatic hydroxyl groups is 1. The minimum absolute atomic E-state index is 0.101. The molecule has 0 aliphatic rings. The zero-order valence-electron chi connectivity index (χ0n) is 9.73. The molecule has 0 radical (unpaired) electrons. The number of anilines is 1. The SMILES string of the molecule is CN(CCCO)S(=O)(=O)Nc1cc(F)cc(F)c1. The number of hydrogen-bond acceptors (Lipinski definition) is 3. The second-order valence-electron chi connectivity index (χ2n) is 3.66. The van der Waals surface area contributed by atoms with Gasteiger partial charge in [0.15, 0.2) is 0 Å². The van der Waals surface area contributed by atoms with Gasteiger partial charge in [-0.15, -0.1) is 0 Å². The summed E-state index contributed by atoms with van der Waals surface area (Å²) in [6.07, 6.45) is 0.273. The van der Waals surface area contributed by atoms with E-state index in [-0.39, 0.29) is 25.3 Å². The smallest absolute Gasteiger partial charge is 0.301 e. The molecule has 1 rings (SSSR count). The van der Waals surface area contributed by atoms with E-state index in [4.69, 9.17) is 5.11 Å². The van der Waals surface area contributed by atoms with Gasteiger partial charge in [-0.3, -0.25) is 4.72 Å². The lowest BCUT2D eigenvalue weighted by Crippen LogP contribution is -2.33. The standard InChI is InChI=1S/C10H14F2N2O3S/c1-14(3-2-4-15)18(16,17)13-10-6-8(11)5-9(12)7-10/h5-7,13,15H,2-4H2,1H3. The first-order valence-corrected chi connectivity index (χ1v) is 6.60. The molecule has 0 amide bonds. The van der Waals surface area contributed by atoms with Gasteiger partial charge in [0.1, 0.15) is 11.6 Å². The molecular weight excluding hydrogens is 266 g/mol. The summed E-state index contributed by atoms with van der Waals surface area (Å²) >= 11 is 0. The number of halogens is 2. The molecule has 5 nitrogen and oxygen atoms in total. The minimum Gasteiger partial charge on any atom is -0.396 e. The summed E-state index contributed by atoms with van der Waals surface area (Å²) in [5.41, 5.74) is -0.191. The molecule has 0 atom stereocenters. The third-order valence-electron chi connectivity index (χ3n) is 2.15. The molecule has 1 aromatic rings. The first-order chi connectivity index (χ1) is 8.35. The van der Waals surface area contributed by atoms with Gasteiger partial charge in [0.25, 0.3) is 0 Å². The molecule has 8 heteroatoms. The van der Waals surface area contributed by atoms with Crippen LogP contribution in [0.4, 0.5) is 14.5 Å². The fourth-order valence-corrected chi connectivity index (χ4v) is 2.19. The van der Waals surface area contributed by atoms with Crippen LogP contribution in [0.25, 0.3) is 0 Å². The number of nitrogens with zero attached hydrogens (tertiary/aromatic N) is 1. The monoisotopic (exact) mass is 280 g/mol. The Balaban J connectivity index is 2.81. The van der Waals surface area contributed by atoms with Gasteiger partial charge in [-0.05, 0) is 18.6 Å². The molecule has 2 N–H and O–H groups in total. The van der Waals surface area contributed by atoms with Gasteiger partial charge in [-0.2, -0.15) is 12.7 Å². The molecule has 0 aromatic heterocycles. The largest absolute Gasteiger partial charge is 0.396 e. The Morgan fingerprint density at radius 1 is 1.28 bits per heavy atom. The van der Waals surface area contributed by atoms with Gasteiger partial charge in [-0.1, -0.05) is 0 Å². The van der Waals surface area contributed by atoms with Crippen LogP contribution in [0.15, 0.2) is 18.2 Å². The van der Waals surface area contributed by atoms with E-state index in [0.29, 0.717) is 6.07 Å². The lowest BCUT2D eigenvalue weighted by Gasteiger charge is -2.17. The quantitative estimate of drug-likeness (QED) is 0.814. The lowest BCUT2D eigenvalue weighted by atomic mass is 10.3. The minimum atomic E-state index is -3.88. The van der Waals surface area contributed by atoms with Crippen LogP contribution in [0.3, 0.4) is 0 Å². The Kier molecular flexibility index (Phi) is 5.00. The Hall–Kier alpha value is -1.25. The fourth-order valence-electron chi connectivity index (χ4n) is 1.25. The summed E-state index contributed by atoms with van der Waals surface area (Å²) in [7, 11) is -2.58. The Morgan fingerprint density at radius 3 is 2.33 bits per heavy atom. The first-order valence-electron chi connectivity index (χ1n) is 5.16. The molecule has 0 heterocycles. The molecule has 0 spiro atoms. The number of aliphatic hydroxyl groups excluding tert-OH is 1. The second kappa shape index (κ2) is 6.07. The fraction of sp³-hybridized carbons (Fsp3) is 0.400. The molecule has 0 bridgehead atoms. The molecule has 18 heavy (non-hydrogen) atoms. The van der Waals surface area contributed by atoms with E-state index in [0.717, 1.165) is 16.4 Å². The van der Waals surface area contributed by atoms with Gasteiger partial charge in [0.2, 0.25) is 0 Å². The van der Waals surface area contributed by atoms with E-state index >= 15 is 0 Å². The topological polar surface area (TPSA) is 69.6 Å². The van der Waals surface area contributed by atoms with Crippen LogP contribution >= 0.6 is 0 Å². The highest BCUT2D eigenvalue weighted by molar-refractivity contribution is 7.90. The van der Waals surface area contributed by atoms with Gasteiger partial charge in [0, 0.05) is 26.3 Å². The van der Waals surface area contributed by atoms with Crippen molar-refractivity contribution in [3.8, 4) is 0 Å². The van der Waals surface area contributed by atoms with Crippen molar-refractivity contribution in [3.05, 3.63) is 29.8 Å².